The number of morpholine rings is 1. The van der Waals surface area contributed by atoms with E-state index >= 15 is 0 Å². The van der Waals surface area contributed by atoms with Crippen LogP contribution < -0.4 is 0 Å². The summed E-state index contributed by atoms with van der Waals surface area (Å²) in [5.41, 5.74) is 1.93. The minimum atomic E-state index is -0.448. The van der Waals surface area contributed by atoms with E-state index in [4.69, 9.17) is 14.0 Å². The van der Waals surface area contributed by atoms with Crippen molar-refractivity contribution in [3.8, 4) is 11.4 Å². The van der Waals surface area contributed by atoms with E-state index in [1.807, 2.05) is 35.4 Å². The quantitative estimate of drug-likeness (QED) is 0.762. The zero-order valence-electron chi connectivity index (χ0n) is 14.8. The number of aromatic nitrogens is 3. The molecule has 2 aliphatic rings. The number of carbonyl (C=O) groups excluding carboxylic acids is 1. The van der Waals surface area contributed by atoms with Crippen LogP contribution in [0.1, 0.15) is 24.8 Å². The van der Waals surface area contributed by atoms with Gasteiger partial charge in [0.05, 0.1) is 13.2 Å². The Bertz CT molecular complexity index is 959. The second kappa shape index (κ2) is 6.79. The van der Waals surface area contributed by atoms with Gasteiger partial charge in [-0.25, -0.2) is 0 Å². The molecule has 140 valence electrons. The van der Waals surface area contributed by atoms with Crippen molar-refractivity contribution >= 4 is 16.8 Å². The highest BCUT2D eigenvalue weighted by Gasteiger charge is 2.37. The second-order valence-electron chi connectivity index (χ2n) is 6.83. The summed E-state index contributed by atoms with van der Waals surface area (Å²) in [6.07, 6.45) is 2.45. The van der Waals surface area contributed by atoms with Crippen LogP contribution in [-0.2, 0) is 14.3 Å². The Balaban J connectivity index is 1.32. The number of benzene rings is 1. The van der Waals surface area contributed by atoms with E-state index in [1.165, 1.54) is 0 Å². The highest BCUT2D eigenvalue weighted by molar-refractivity contribution is 5.93. The van der Waals surface area contributed by atoms with E-state index in [9.17, 15) is 4.79 Å². The number of hydrogen-bond donors (Lipinski definition) is 1. The SMILES string of the molecule is O=C([C@@H]1CC[C@H](c2nc(-c3cccc4[nH]ccc34)no2)O1)N1CCOCC1. The van der Waals surface area contributed by atoms with Crippen molar-refractivity contribution in [2.45, 2.75) is 25.0 Å². The third-order valence-electron chi connectivity index (χ3n) is 5.17. The first-order valence-electron chi connectivity index (χ1n) is 9.22. The first-order valence-corrected chi connectivity index (χ1v) is 9.22. The molecule has 2 saturated heterocycles. The van der Waals surface area contributed by atoms with Crippen molar-refractivity contribution in [1.82, 2.24) is 20.0 Å². The molecule has 8 nitrogen and oxygen atoms in total. The van der Waals surface area contributed by atoms with Crippen LogP contribution in [0.5, 0.6) is 0 Å². The van der Waals surface area contributed by atoms with Gasteiger partial charge in [0.2, 0.25) is 5.82 Å². The molecule has 4 heterocycles. The van der Waals surface area contributed by atoms with E-state index in [0.29, 0.717) is 50.9 Å². The van der Waals surface area contributed by atoms with Crippen molar-refractivity contribution in [3.63, 3.8) is 0 Å². The summed E-state index contributed by atoms with van der Waals surface area (Å²) in [7, 11) is 0. The zero-order valence-corrected chi connectivity index (χ0v) is 14.8. The smallest absolute Gasteiger partial charge is 0.256 e. The van der Waals surface area contributed by atoms with Crippen LogP contribution in [0.3, 0.4) is 0 Å². The Morgan fingerprint density at radius 2 is 2.07 bits per heavy atom. The molecule has 5 rings (SSSR count). The van der Waals surface area contributed by atoms with Gasteiger partial charge >= 0.3 is 0 Å². The first kappa shape index (κ1) is 16.5. The molecule has 0 spiro atoms. The lowest BCUT2D eigenvalue weighted by molar-refractivity contribution is -0.147. The molecule has 3 aromatic rings. The maximum Gasteiger partial charge on any atom is 0.256 e. The second-order valence-corrected chi connectivity index (χ2v) is 6.83. The predicted molar refractivity (Wildman–Crippen MR) is 95.8 cm³/mol. The molecule has 0 unspecified atom stereocenters. The number of carbonyl (C=O) groups is 1. The topological polar surface area (TPSA) is 93.5 Å². The minimum Gasteiger partial charge on any atom is -0.378 e. The summed E-state index contributed by atoms with van der Waals surface area (Å²) in [6.45, 7) is 2.41. The monoisotopic (exact) mass is 368 g/mol. The van der Waals surface area contributed by atoms with Gasteiger partial charge < -0.3 is 23.9 Å². The molecule has 27 heavy (non-hydrogen) atoms. The van der Waals surface area contributed by atoms with Gasteiger partial charge in [0.15, 0.2) is 0 Å². The van der Waals surface area contributed by atoms with Crippen molar-refractivity contribution in [2.75, 3.05) is 26.3 Å². The van der Waals surface area contributed by atoms with Crippen molar-refractivity contribution in [1.29, 1.82) is 0 Å². The Hall–Kier alpha value is -2.71. The van der Waals surface area contributed by atoms with E-state index in [1.54, 1.807) is 0 Å². The molecular weight excluding hydrogens is 348 g/mol. The number of nitrogens with zero attached hydrogens (tertiary/aromatic N) is 3. The summed E-state index contributed by atoms with van der Waals surface area (Å²) in [5.74, 6) is 0.981. The fraction of sp³-hybridized carbons (Fsp3) is 0.421. The van der Waals surface area contributed by atoms with Gasteiger partial charge in [-0.1, -0.05) is 17.3 Å². The van der Waals surface area contributed by atoms with E-state index in [0.717, 1.165) is 16.5 Å². The van der Waals surface area contributed by atoms with Crippen LogP contribution in [0, 0.1) is 0 Å². The fourth-order valence-electron chi connectivity index (χ4n) is 3.74. The van der Waals surface area contributed by atoms with Gasteiger partial charge in [0.1, 0.15) is 12.2 Å². The van der Waals surface area contributed by atoms with Crippen molar-refractivity contribution in [2.24, 2.45) is 0 Å². The number of H-pyrrole nitrogens is 1. The minimum absolute atomic E-state index is 0.0256. The Labute approximate surface area is 155 Å². The summed E-state index contributed by atoms with van der Waals surface area (Å²) < 4.78 is 16.7. The van der Waals surface area contributed by atoms with Crippen LogP contribution >= 0.6 is 0 Å². The van der Waals surface area contributed by atoms with E-state index in [-0.39, 0.29) is 12.0 Å². The number of fused-ring (bicyclic) bond motifs is 1. The highest BCUT2D eigenvalue weighted by atomic mass is 16.5. The van der Waals surface area contributed by atoms with Crippen LogP contribution in [-0.4, -0.2) is 58.3 Å². The Kier molecular flexibility index (Phi) is 4.14. The molecule has 1 aromatic carbocycles. The lowest BCUT2D eigenvalue weighted by Crippen LogP contribution is -2.45. The first-order chi connectivity index (χ1) is 13.3. The molecule has 0 saturated carbocycles. The summed E-state index contributed by atoms with van der Waals surface area (Å²) in [6, 6.07) is 7.91. The lowest BCUT2D eigenvalue weighted by atomic mass is 10.1. The zero-order chi connectivity index (χ0) is 18.2. The van der Waals surface area contributed by atoms with Gasteiger partial charge in [-0.3, -0.25) is 4.79 Å². The van der Waals surface area contributed by atoms with Crippen molar-refractivity contribution < 1.29 is 18.8 Å². The predicted octanol–water partition coefficient (Wildman–Crippen LogP) is 2.30. The van der Waals surface area contributed by atoms with Crippen LogP contribution in [0.15, 0.2) is 35.0 Å². The van der Waals surface area contributed by atoms with E-state index in [2.05, 4.69) is 15.1 Å². The fourth-order valence-corrected chi connectivity index (χ4v) is 3.74. The summed E-state index contributed by atoms with van der Waals surface area (Å²) in [5, 5.41) is 5.17. The van der Waals surface area contributed by atoms with Crippen LogP contribution in [0.4, 0.5) is 0 Å². The van der Waals surface area contributed by atoms with Crippen molar-refractivity contribution in [3.05, 3.63) is 36.4 Å². The standard InChI is InChI=1S/C19H20N4O4/c24-19(23-8-10-25-11-9-23)16-5-4-15(26-16)18-21-17(22-27-18)13-2-1-3-14-12(13)6-7-20-14/h1-3,6-7,15-16,20H,4-5,8-11H2/t15-,16+/m1/s1. The normalized spacial score (nSPS) is 23.2. The lowest BCUT2D eigenvalue weighted by Gasteiger charge is -2.28. The molecule has 2 atom stereocenters. The Morgan fingerprint density at radius 1 is 1.19 bits per heavy atom. The third-order valence-corrected chi connectivity index (χ3v) is 5.17. The maximum atomic E-state index is 12.6. The van der Waals surface area contributed by atoms with Gasteiger partial charge in [0.25, 0.3) is 11.8 Å². The molecule has 2 fully saturated rings. The number of ether oxygens (including phenoxy) is 2. The largest absolute Gasteiger partial charge is 0.378 e. The molecular formula is C19H20N4O4. The molecule has 0 radical (unpaired) electrons. The average molecular weight is 368 g/mol. The number of hydrogen-bond acceptors (Lipinski definition) is 6. The molecule has 2 aliphatic heterocycles. The Morgan fingerprint density at radius 3 is 2.96 bits per heavy atom. The molecule has 2 aromatic heterocycles. The van der Waals surface area contributed by atoms with Crippen LogP contribution in [0.25, 0.3) is 22.3 Å². The van der Waals surface area contributed by atoms with E-state index < -0.39 is 6.10 Å². The highest BCUT2D eigenvalue weighted by Crippen LogP contribution is 2.34. The van der Waals surface area contributed by atoms with Gasteiger partial charge in [-0.05, 0) is 25.0 Å². The summed E-state index contributed by atoms with van der Waals surface area (Å²) in [4.78, 5) is 22.1. The van der Waals surface area contributed by atoms with Gasteiger partial charge in [-0.15, -0.1) is 0 Å². The molecule has 1 amide bonds. The van der Waals surface area contributed by atoms with Crippen LogP contribution in [0.2, 0.25) is 0 Å². The molecule has 0 aliphatic carbocycles. The maximum absolute atomic E-state index is 12.6. The number of rotatable bonds is 3. The molecule has 8 heteroatoms. The number of amides is 1. The van der Waals surface area contributed by atoms with Gasteiger partial charge in [-0.2, -0.15) is 4.98 Å². The summed E-state index contributed by atoms with van der Waals surface area (Å²) >= 11 is 0. The molecule has 1 N–H and O–H groups in total. The number of aromatic amines is 1. The molecule has 0 bridgehead atoms. The number of nitrogens with one attached hydrogen (secondary N) is 1. The van der Waals surface area contributed by atoms with Gasteiger partial charge in [0, 0.05) is 35.8 Å². The third kappa shape index (κ3) is 3.00. The average Bonchev–Trinajstić information content (AvgIpc) is 3.47.